The molecule has 0 spiro atoms. The fourth-order valence-corrected chi connectivity index (χ4v) is 3.10. The van der Waals surface area contributed by atoms with E-state index in [0.29, 0.717) is 55.0 Å². The molecule has 3 rings (SSSR count). The summed E-state index contributed by atoms with van der Waals surface area (Å²) in [5, 5.41) is 20.9. The number of aromatic nitrogens is 7. The van der Waals surface area contributed by atoms with Crippen molar-refractivity contribution in [3.63, 3.8) is 0 Å². The van der Waals surface area contributed by atoms with Crippen LogP contribution in [0.2, 0.25) is 0 Å². The fourth-order valence-electron chi connectivity index (χ4n) is 2.35. The number of anilines is 3. The molecule has 4 N–H and O–H groups in total. The van der Waals surface area contributed by atoms with Gasteiger partial charge in [0.1, 0.15) is 0 Å². The van der Waals surface area contributed by atoms with Gasteiger partial charge in [-0.25, -0.2) is 14.4 Å². The highest BCUT2D eigenvalue weighted by Crippen LogP contribution is 2.20. The summed E-state index contributed by atoms with van der Waals surface area (Å²) in [6, 6.07) is 1.74. The minimum atomic E-state index is -0.113. The average molecular weight is 418 g/mol. The molecule has 0 aliphatic rings. The molecule has 29 heavy (non-hydrogen) atoms. The van der Waals surface area contributed by atoms with Crippen LogP contribution in [0.25, 0.3) is 5.78 Å². The van der Waals surface area contributed by atoms with Crippen molar-refractivity contribution in [1.29, 1.82) is 0 Å². The lowest BCUT2D eigenvalue weighted by Gasteiger charge is -2.09. The standard InChI is InChI=1S/C16H23N11OS/c1-3-17-13-23-14(18-4-2)27-15(24-13)25-26-16(27)29-10-11(28)19-8-9-22-12-20-6-5-7-21-12/h5-7H,3-4,8-10H2,1-2H3,(H,19,28)(H,20,21,22)(H2,17,18,23,24,25). The number of fused-ring (bicyclic) bond motifs is 1. The van der Waals surface area contributed by atoms with Gasteiger partial charge >= 0.3 is 0 Å². The number of nitrogens with zero attached hydrogens (tertiary/aromatic N) is 7. The van der Waals surface area contributed by atoms with E-state index in [0.717, 1.165) is 0 Å². The van der Waals surface area contributed by atoms with Crippen molar-refractivity contribution in [2.45, 2.75) is 19.0 Å². The Kier molecular flexibility index (Phi) is 7.33. The Balaban J connectivity index is 1.55. The minimum absolute atomic E-state index is 0.113. The zero-order chi connectivity index (χ0) is 20.5. The van der Waals surface area contributed by atoms with Crippen LogP contribution < -0.4 is 21.3 Å². The number of carbonyl (C=O) groups excluding carboxylic acids is 1. The first-order valence-corrected chi connectivity index (χ1v) is 10.2. The van der Waals surface area contributed by atoms with Crippen LogP contribution in [-0.4, -0.2) is 72.4 Å². The first-order valence-electron chi connectivity index (χ1n) is 9.22. The molecule has 0 unspecified atom stereocenters. The SMILES string of the molecule is CCNc1nc(NCC)n2c(SCC(=O)NCCNc3ncccn3)nnc2n1. The summed E-state index contributed by atoms with van der Waals surface area (Å²) in [7, 11) is 0. The number of hydrogen-bond acceptors (Lipinski definition) is 11. The van der Waals surface area contributed by atoms with Crippen molar-refractivity contribution in [3.8, 4) is 0 Å². The summed E-state index contributed by atoms with van der Waals surface area (Å²) >= 11 is 1.27. The van der Waals surface area contributed by atoms with Crippen LogP contribution in [0.5, 0.6) is 0 Å². The van der Waals surface area contributed by atoms with Gasteiger partial charge in [-0.15, -0.1) is 10.2 Å². The number of rotatable bonds is 11. The molecule has 154 valence electrons. The molecule has 12 nitrogen and oxygen atoms in total. The Morgan fingerprint density at radius 3 is 2.55 bits per heavy atom. The lowest BCUT2D eigenvalue weighted by molar-refractivity contribution is -0.118. The Bertz CT molecular complexity index is 933. The van der Waals surface area contributed by atoms with Crippen molar-refractivity contribution >= 4 is 41.3 Å². The van der Waals surface area contributed by atoms with Gasteiger partial charge in [0.2, 0.25) is 23.8 Å². The molecule has 3 heterocycles. The minimum Gasteiger partial charge on any atom is -0.355 e. The number of thioether (sulfide) groups is 1. The fraction of sp³-hybridized carbons (Fsp3) is 0.438. The highest BCUT2D eigenvalue weighted by atomic mass is 32.2. The van der Waals surface area contributed by atoms with E-state index in [2.05, 4.69) is 51.4 Å². The van der Waals surface area contributed by atoms with Crippen LogP contribution >= 0.6 is 11.8 Å². The number of carbonyl (C=O) groups is 1. The van der Waals surface area contributed by atoms with Gasteiger partial charge in [0, 0.05) is 38.6 Å². The van der Waals surface area contributed by atoms with Crippen molar-refractivity contribution in [3.05, 3.63) is 18.5 Å². The van der Waals surface area contributed by atoms with Crippen LogP contribution in [0.1, 0.15) is 13.8 Å². The first-order chi connectivity index (χ1) is 14.2. The summed E-state index contributed by atoms with van der Waals surface area (Å²) in [6.07, 6.45) is 3.31. The number of hydrogen-bond donors (Lipinski definition) is 4. The van der Waals surface area contributed by atoms with Crippen LogP contribution in [0.3, 0.4) is 0 Å². The predicted octanol–water partition coefficient (Wildman–Crippen LogP) is 0.493. The molecule has 0 aromatic carbocycles. The summed E-state index contributed by atoms with van der Waals surface area (Å²) in [5.41, 5.74) is 0. The zero-order valence-electron chi connectivity index (χ0n) is 16.2. The molecule has 13 heteroatoms. The normalized spacial score (nSPS) is 10.7. The van der Waals surface area contributed by atoms with Gasteiger partial charge in [0.15, 0.2) is 5.16 Å². The van der Waals surface area contributed by atoms with Crippen LogP contribution in [0.15, 0.2) is 23.6 Å². The third-order valence-corrected chi connectivity index (χ3v) is 4.47. The molecule has 0 aliphatic carbocycles. The maximum Gasteiger partial charge on any atom is 0.261 e. The van der Waals surface area contributed by atoms with E-state index in [1.807, 2.05) is 13.8 Å². The van der Waals surface area contributed by atoms with Gasteiger partial charge in [-0.05, 0) is 19.9 Å². The Labute approximate surface area is 171 Å². The largest absolute Gasteiger partial charge is 0.355 e. The molecular formula is C16H23N11OS. The van der Waals surface area contributed by atoms with Crippen LogP contribution in [0, 0.1) is 0 Å². The lowest BCUT2D eigenvalue weighted by Crippen LogP contribution is -2.30. The highest BCUT2D eigenvalue weighted by molar-refractivity contribution is 7.99. The van der Waals surface area contributed by atoms with Crippen molar-refractivity contribution < 1.29 is 4.79 Å². The van der Waals surface area contributed by atoms with E-state index >= 15 is 0 Å². The summed E-state index contributed by atoms with van der Waals surface area (Å²) in [5.74, 6) is 2.09. The topological polar surface area (TPSA) is 147 Å². The van der Waals surface area contributed by atoms with Crippen molar-refractivity contribution in [2.75, 3.05) is 47.9 Å². The molecule has 0 aliphatic heterocycles. The number of nitrogens with one attached hydrogen (secondary N) is 4. The van der Waals surface area contributed by atoms with Gasteiger partial charge < -0.3 is 21.3 Å². The highest BCUT2D eigenvalue weighted by Gasteiger charge is 2.15. The monoisotopic (exact) mass is 417 g/mol. The summed E-state index contributed by atoms with van der Waals surface area (Å²) in [4.78, 5) is 29.0. The van der Waals surface area contributed by atoms with E-state index in [1.54, 1.807) is 22.9 Å². The molecule has 0 fully saturated rings. The van der Waals surface area contributed by atoms with E-state index in [-0.39, 0.29) is 11.7 Å². The quantitative estimate of drug-likeness (QED) is 0.255. The summed E-state index contributed by atoms with van der Waals surface area (Å²) in [6.45, 7) is 6.30. The average Bonchev–Trinajstić information content (AvgIpc) is 3.14. The van der Waals surface area contributed by atoms with Gasteiger partial charge in [0.05, 0.1) is 5.75 Å². The van der Waals surface area contributed by atoms with E-state index < -0.39 is 0 Å². The van der Waals surface area contributed by atoms with Crippen molar-refractivity contribution in [2.24, 2.45) is 0 Å². The lowest BCUT2D eigenvalue weighted by atomic mass is 10.5. The molecule has 0 saturated carbocycles. The first kappa shape index (κ1) is 20.5. The third-order valence-electron chi connectivity index (χ3n) is 3.54. The van der Waals surface area contributed by atoms with E-state index in [9.17, 15) is 4.79 Å². The van der Waals surface area contributed by atoms with Gasteiger partial charge in [0.25, 0.3) is 5.78 Å². The zero-order valence-corrected chi connectivity index (χ0v) is 17.0. The third kappa shape index (κ3) is 5.63. The van der Waals surface area contributed by atoms with Crippen LogP contribution in [-0.2, 0) is 4.79 Å². The summed E-state index contributed by atoms with van der Waals surface area (Å²) < 4.78 is 1.70. The molecule has 0 radical (unpaired) electrons. The Morgan fingerprint density at radius 1 is 1.00 bits per heavy atom. The van der Waals surface area contributed by atoms with Crippen molar-refractivity contribution in [1.82, 2.24) is 39.9 Å². The molecular weight excluding hydrogens is 394 g/mol. The Hall–Kier alpha value is -3.22. The maximum atomic E-state index is 12.1. The van der Waals surface area contributed by atoms with Crippen LogP contribution in [0.4, 0.5) is 17.8 Å². The molecule has 3 aromatic rings. The molecule has 0 saturated heterocycles. The molecule has 3 aromatic heterocycles. The van der Waals surface area contributed by atoms with Gasteiger partial charge in [-0.1, -0.05) is 11.8 Å². The van der Waals surface area contributed by atoms with E-state index in [1.165, 1.54) is 11.8 Å². The predicted molar refractivity (Wildman–Crippen MR) is 111 cm³/mol. The number of amides is 1. The second kappa shape index (κ2) is 10.4. The van der Waals surface area contributed by atoms with E-state index in [4.69, 9.17) is 0 Å². The molecule has 1 amide bonds. The maximum absolute atomic E-state index is 12.1. The Morgan fingerprint density at radius 2 is 1.79 bits per heavy atom. The molecule has 0 atom stereocenters. The van der Waals surface area contributed by atoms with Gasteiger partial charge in [-0.2, -0.15) is 9.97 Å². The van der Waals surface area contributed by atoms with Gasteiger partial charge in [-0.3, -0.25) is 4.79 Å². The second-order valence-corrected chi connectivity index (χ2v) is 6.63. The molecule has 0 bridgehead atoms. The smallest absolute Gasteiger partial charge is 0.261 e. The second-order valence-electron chi connectivity index (χ2n) is 5.69.